The van der Waals surface area contributed by atoms with Crippen LogP contribution in [0, 0.1) is 12.8 Å². The molecule has 1 unspecified atom stereocenters. The van der Waals surface area contributed by atoms with E-state index in [0.717, 1.165) is 25.8 Å². The third kappa shape index (κ3) is 4.34. The van der Waals surface area contributed by atoms with E-state index in [4.69, 9.17) is 11.6 Å². The van der Waals surface area contributed by atoms with Crippen molar-refractivity contribution in [3.63, 3.8) is 0 Å². The van der Waals surface area contributed by atoms with E-state index in [1.54, 1.807) is 0 Å². The molecule has 2 nitrogen and oxygen atoms in total. The zero-order valence-electron chi connectivity index (χ0n) is 13.3. The highest BCUT2D eigenvalue weighted by Gasteiger charge is 2.14. The van der Waals surface area contributed by atoms with E-state index >= 15 is 0 Å². The molecule has 0 spiro atoms. The smallest absolute Gasteiger partial charge is 0.0624 e. The van der Waals surface area contributed by atoms with E-state index in [9.17, 15) is 0 Å². The van der Waals surface area contributed by atoms with Crippen molar-refractivity contribution in [3.8, 4) is 0 Å². The average molecular weight is 305 g/mol. The second-order valence-corrected chi connectivity index (χ2v) is 6.02. The van der Waals surface area contributed by atoms with E-state index in [-0.39, 0.29) is 0 Å². The predicted octanol–water partition coefficient (Wildman–Crippen LogP) is 4.41. The maximum atomic E-state index is 6.21. The molecule has 0 bridgehead atoms. The van der Waals surface area contributed by atoms with Gasteiger partial charge in [0.25, 0.3) is 0 Å². The van der Waals surface area contributed by atoms with Gasteiger partial charge in [-0.15, -0.1) is 11.6 Å². The summed E-state index contributed by atoms with van der Waals surface area (Å²) in [7, 11) is 0. The molecule has 0 aliphatic carbocycles. The average Bonchev–Trinajstić information content (AvgIpc) is 2.91. The normalized spacial score (nSPS) is 12.6. The lowest BCUT2D eigenvalue weighted by atomic mass is 9.95. The number of halogens is 1. The molecule has 0 radical (unpaired) electrons. The standard InChI is InChI=1S/C18H25ClN2/c1-4-17-12-18(21(5-2)20-17)11-16(13-19)10-15-8-6-14(3)7-9-15/h6-9,12,16H,4-5,10-11,13H2,1-3H3. The van der Waals surface area contributed by atoms with E-state index in [1.165, 1.54) is 22.5 Å². The van der Waals surface area contributed by atoms with Crippen molar-refractivity contribution >= 4 is 11.6 Å². The molecule has 21 heavy (non-hydrogen) atoms. The Morgan fingerprint density at radius 3 is 2.43 bits per heavy atom. The zero-order valence-corrected chi connectivity index (χ0v) is 14.0. The lowest BCUT2D eigenvalue weighted by Gasteiger charge is -2.15. The minimum Gasteiger partial charge on any atom is -0.270 e. The number of rotatable bonds is 7. The zero-order chi connectivity index (χ0) is 15.2. The fraction of sp³-hybridized carbons (Fsp3) is 0.500. The van der Waals surface area contributed by atoms with Crippen molar-refractivity contribution in [2.24, 2.45) is 5.92 Å². The number of aryl methyl sites for hydroxylation is 3. The van der Waals surface area contributed by atoms with Crippen LogP contribution in [0.15, 0.2) is 30.3 Å². The minimum absolute atomic E-state index is 0.459. The fourth-order valence-corrected chi connectivity index (χ4v) is 2.88. The molecule has 1 atom stereocenters. The van der Waals surface area contributed by atoms with Gasteiger partial charge in [-0.1, -0.05) is 36.8 Å². The molecule has 0 N–H and O–H groups in total. The predicted molar refractivity (Wildman–Crippen MR) is 90.1 cm³/mol. The van der Waals surface area contributed by atoms with E-state index in [2.05, 4.69) is 60.9 Å². The van der Waals surface area contributed by atoms with Crippen LogP contribution < -0.4 is 0 Å². The summed E-state index contributed by atoms with van der Waals surface area (Å²) in [5, 5.41) is 4.63. The van der Waals surface area contributed by atoms with Crippen molar-refractivity contribution in [1.29, 1.82) is 0 Å². The van der Waals surface area contributed by atoms with E-state index in [0.29, 0.717) is 11.8 Å². The van der Waals surface area contributed by atoms with Crippen molar-refractivity contribution in [2.45, 2.75) is 46.6 Å². The Labute approximate surface area is 133 Å². The highest BCUT2D eigenvalue weighted by Crippen LogP contribution is 2.18. The number of aromatic nitrogens is 2. The molecule has 0 saturated carbocycles. The molecule has 1 heterocycles. The van der Waals surface area contributed by atoms with E-state index in [1.807, 2.05) is 0 Å². The van der Waals surface area contributed by atoms with Crippen molar-refractivity contribution < 1.29 is 0 Å². The first-order valence-electron chi connectivity index (χ1n) is 7.83. The van der Waals surface area contributed by atoms with Crippen LogP contribution in [0.3, 0.4) is 0 Å². The van der Waals surface area contributed by atoms with Crippen LogP contribution in [0.25, 0.3) is 0 Å². The number of alkyl halides is 1. The van der Waals surface area contributed by atoms with Crippen LogP contribution in [-0.4, -0.2) is 15.7 Å². The fourth-order valence-electron chi connectivity index (χ4n) is 2.66. The quantitative estimate of drug-likeness (QED) is 0.693. The highest BCUT2D eigenvalue weighted by molar-refractivity contribution is 6.18. The monoisotopic (exact) mass is 304 g/mol. The van der Waals surface area contributed by atoms with Crippen LogP contribution >= 0.6 is 11.6 Å². The van der Waals surface area contributed by atoms with Gasteiger partial charge < -0.3 is 0 Å². The van der Waals surface area contributed by atoms with Gasteiger partial charge in [0.05, 0.1) is 5.69 Å². The third-order valence-electron chi connectivity index (χ3n) is 3.94. The van der Waals surface area contributed by atoms with Crippen LogP contribution in [0.4, 0.5) is 0 Å². The highest BCUT2D eigenvalue weighted by atomic mass is 35.5. The van der Waals surface area contributed by atoms with Crippen molar-refractivity contribution in [2.75, 3.05) is 5.88 Å². The molecule has 3 heteroatoms. The van der Waals surface area contributed by atoms with Gasteiger partial charge in [-0.25, -0.2) is 0 Å². The van der Waals surface area contributed by atoms with Gasteiger partial charge in [0, 0.05) is 18.1 Å². The largest absolute Gasteiger partial charge is 0.270 e. The first kappa shape index (κ1) is 16.1. The summed E-state index contributed by atoms with van der Waals surface area (Å²) >= 11 is 6.21. The molecular weight excluding hydrogens is 280 g/mol. The Hall–Kier alpha value is -1.28. The number of hydrogen-bond acceptors (Lipinski definition) is 1. The van der Waals surface area contributed by atoms with Gasteiger partial charge >= 0.3 is 0 Å². The molecule has 0 aliphatic heterocycles. The molecule has 114 valence electrons. The number of hydrogen-bond donors (Lipinski definition) is 0. The Morgan fingerprint density at radius 1 is 1.14 bits per heavy atom. The number of nitrogens with zero attached hydrogens (tertiary/aromatic N) is 2. The van der Waals surface area contributed by atoms with Crippen LogP contribution in [0.2, 0.25) is 0 Å². The molecule has 1 aromatic heterocycles. The molecule has 2 rings (SSSR count). The van der Waals surface area contributed by atoms with Gasteiger partial charge in [0.2, 0.25) is 0 Å². The Kier molecular flexibility index (Phi) is 5.86. The first-order valence-corrected chi connectivity index (χ1v) is 8.36. The van der Waals surface area contributed by atoms with Gasteiger partial charge in [-0.3, -0.25) is 4.68 Å². The molecule has 0 amide bonds. The second kappa shape index (κ2) is 7.65. The summed E-state index contributed by atoms with van der Waals surface area (Å²) in [4.78, 5) is 0. The van der Waals surface area contributed by atoms with E-state index < -0.39 is 0 Å². The minimum atomic E-state index is 0.459. The number of benzene rings is 1. The summed E-state index contributed by atoms with van der Waals surface area (Å²) in [5.41, 5.74) is 5.16. The molecule has 1 aromatic carbocycles. The van der Waals surface area contributed by atoms with Crippen molar-refractivity contribution in [3.05, 3.63) is 52.8 Å². The molecule has 0 aliphatic rings. The topological polar surface area (TPSA) is 17.8 Å². The summed E-state index contributed by atoms with van der Waals surface area (Å²) in [6.07, 6.45) is 3.02. The lowest BCUT2D eigenvalue weighted by molar-refractivity contribution is 0.531. The lowest BCUT2D eigenvalue weighted by Crippen LogP contribution is -2.13. The van der Waals surface area contributed by atoms with Crippen LogP contribution in [0.1, 0.15) is 36.4 Å². The Balaban J connectivity index is 2.08. The van der Waals surface area contributed by atoms with Gasteiger partial charge in [0.1, 0.15) is 0 Å². The molecule has 0 saturated heterocycles. The third-order valence-corrected chi connectivity index (χ3v) is 4.37. The second-order valence-electron chi connectivity index (χ2n) is 5.71. The summed E-state index contributed by atoms with van der Waals surface area (Å²) in [6, 6.07) is 11.0. The maximum absolute atomic E-state index is 6.21. The first-order chi connectivity index (χ1) is 10.2. The summed E-state index contributed by atoms with van der Waals surface area (Å²) < 4.78 is 2.12. The maximum Gasteiger partial charge on any atom is 0.0624 e. The summed E-state index contributed by atoms with van der Waals surface area (Å²) in [5.74, 6) is 1.14. The molecule has 2 aromatic rings. The Morgan fingerprint density at radius 2 is 1.86 bits per heavy atom. The van der Waals surface area contributed by atoms with Gasteiger partial charge in [-0.2, -0.15) is 5.10 Å². The molecule has 0 fully saturated rings. The van der Waals surface area contributed by atoms with Crippen LogP contribution in [0.5, 0.6) is 0 Å². The SMILES string of the molecule is CCc1cc(CC(CCl)Cc2ccc(C)cc2)n(CC)n1. The van der Waals surface area contributed by atoms with Gasteiger partial charge in [-0.05, 0) is 50.7 Å². The van der Waals surface area contributed by atoms with Crippen molar-refractivity contribution in [1.82, 2.24) is 9.78 Å². The van der Waals surface area contributed by atoms with Crippen LogP contribution in [-0.2, 0) is 25.8 Å². The Bertz CT molecular complexity index is 557. The van der Waals surface area contributed by atoms with Gasteiger partial charge in [0.15, 0.2) is 0 Å². The molecular formula is C18H25ClN2. The summed E-state index contributed by atoms with van der Waals surface area (Å²) in [6.45, 7) is 7.34.